The number of pyridine rings is 1. The molecule has 1 saturated carbocycles. The SMILES string of the molecule is Cc1[nH]c(=O)c(C#N)c(C)c1CCC(=O)N1CCN(C2CCCC2)CC1. The highest BCUT2D eigenvalue weighted by atomic mass is 16.2. The Bertz CT molecular complexity index is 763. The highest BCUT2D eigenvalue weighted by Gasteiger charge is 2.27. The largest absolute Gasteiger partial charge is 0.340 e. The second kappa shape index (κ2) is 8.05. The van der Waals surface area contributed by atoms with Gasteiger partial charge in [-0.25, -0.2) is 0 Å². The van der Waals surface area contributed by atoms with Gasteiger partial charge in [-0.3, -0.25) is 14.5 Å². The summed E-state index contributed by atoms with van der Waals surface area (Å²) in [5, 5.41) is 9.16. The molecule has 26 heavy (non-hydrogen) atoms. The lowest BCUT2D eigenvalue weighted by molar-refractivity contribution is -0.133. The summed E-state index contributed by atoms with van der Waals surface area (Å²) in [5.41, 5.74) is 2.18. The third kappa shape index (κ3) is 3.83. The van der Waals surface area contributed by atoms with Crippen LogP contribution in [0.3, 0.4) is 0 Å². The van der Waals surface area contributed by atoms with E-state index in [1.165, 1.54) is 25.7 Å². The van der Waals surface area contributed by atoms with E-state index >= 15 is 0 Å². The lowest BCUT2D eigenvalue weighted by Gasteiger charge is -2.38. The van der Waals surface area contributed by atoms with Gasteiger partial charge in [0.1, 0.15) is 11.6 Å². The van der Waals surface area contributed by atoms with Crippen LogP contribution in [0.1, 0.15) is 54.5 Å². The van der Waals surface area contributed by atoms with Crippen LogP contribution < -0.4 is 5.56 Å². The van der Waals surface area contributed by atoms with Crippen molar-refractivity contribution < 1.29 is 4.79 Å². The molecule has 0 bridgehead atoms. The van der Waals surface area contributed by atoms with Crippen LogP contribution in [0.4, 0.5) is 0 Å². The Balaban J connectivity index is 1.57. The van der Waals surface area contributed by atoms with Gasteiger partial charge in [-0.05, 0) is 44.2 Å². The number of nitriles is 1. The summed E-state index contributed by atoms with van der Waals surface area (Å²) < 4.78 is 0. The van der Waals surface area contributed by atoms with Crippen molar-refractivity contribution in [1.82, 2.24) is 14.8 Å². The van der Waals surface area contributed by atoms with Crippen LogP contribution in [-0.2, 0) is 11.2 Å². The Morgan fingerprint density at radius 2 is 1.85 bits per heavy atom. The average molecular weight is 356 g/mol. The Labute approximate surface area is 154 Å². The van der Waals surface area contributed by atoms with Gasteiger partial charge >= 0.3 is 0 Å². The van der Waals surface area contributed by atoms with Gasteiger partial charge in [0.2, 0.25) is 5.91 Å². The van der Waals surface area contributed by atoms with Crippen molar-refractivity contribution in [3.63, 3.8) is 0 Å². The molecular formula is C20H28N4O2. The van der Waals surface area contributed by atoms with E-state index in [1.54, 1.807) is 6.92 Å². The zero-order chi connectivity index (χ0) is 18.7. The molecule has 1 N–H and O–H groups in total. The van der Waals surface area contributed by atoms with Gasteiger partial charge in [0.25, 0.3) is 5.56 Å². The minimum atomic E-state index is -0.347. The zero-order valence-corrected chi connectivity index (χ0v) is 15.8. The predicted octanol–water partition coefficient (Wildman–Crippen LogP) is 1.88. The van der Waals surface area contributed by atoms with Gasteiger partial charge in [-0.15, -0.1) is 0 Å². The number of amides is 1. The molecular weight excluding hydrogens is 328 g/mol. The number of rotatable bonds is 4. The Kier molecular flexibility index (Phi) is 5.77. The highest BCUT2D eigenvalue weighted by molar-refractivity contribution is 5.76. The van der Waals surface area contributed by atoms with Gasteiger partial charge < -0.3 is 9.88 Å². The molecule has 6 nitrogen and oxygen atoms in total. The van der Waals surface area contributed by atoms with E-state index < -0.39 is 0 Å². The summed E-state index contributed by atoms with van der Waals surface area (Å²) >= 11 is 0. The predicted molar refractivity (Wildman–Crippen MR) is 100.0 cm³/mol. The molecule has 1 aliphatic heterocycles. The van der Waals surface area contributed by atoms with Gasteiger partial charge in [0.05, 0.1) is 0 Å². The number of nitrogens with zero attached hydrogens (tertiary/aromatic N) is 3. The summed E-state index contributed by atoms with van der Waals surface area (Å²) in [4.78, 5) is 31.7. The van der Waals surface area contributed by atoms with Crippen LogP contribution in [0.2, 0.25) is 0 Å². The van der Waals surface area contributed by atoms with Crippen molar-refractivity contribution in [3.05, 3.63) is 32.7 Å². The molecule has 0 radical (unpaired) electrons. The molecule has 2 fully saturated rings. The maximum atomic E-state index is 12.6. The van der Waals surface area contributed by atoms with Crippen molar-refractivity contribution >= 4 is 5.91 Å². The molecule has 2 heterocycles. The van der Waals surface area contributed by atoms with Crippen molar-refractivity contribution in [2.24, 2.45) is 0 Å². The lowest BCUT2D eigenvalue weighted by atomic mass is 9.99. The van der Waals surface area contributed by atoms with Crippen LogP contribution in [0.25, 0.3) is 0 Å². The number of nitrogens with one attached hydrogen (secondary N) is 1. The zero-order valence-electron chi connectivity index (χ0n) is 15.8. The number of carbonyl (C=O) groups excluding carboxylic acids is 1. The van der Waals surface area contributed by atoms with Gasteiger partial charge in [0.15, 0.2) is 0 Å². The maximum absolute atomic E-state index is 12.6. The Morgan fingerprint density at radius 1 is 1.19 bits per heavy atom. The molecule has 3 rings (SSSR count). The van der Waals surface area contributed by atoms with Crippen LogP contribution in [-0.4, -0.2) is 52.9 Å². The first kappa shape index (κ1) is 18.7. The molecule has 2 aliphatic rings. The number of carbonyl (C=O) groups is 1. The lowest BCUT2D eigenvalue weighted by Crippen LogP contribution is -2.51. The molecule has 0 spiro atoms. The van der Waals surface area contributed by atoms with E-state index in [0.717, 1.165) is 43.5 Å². The molecule has 1 amide bonds. The fourth-order valence-electron chi connectivity index (χ4n) is 4.42. The summed E-state index contributed by atoms with van der Waals surface area (Å²) in [6.45, 7) is 7.19. The topological polar surface area (TPSA) is 80.2 Å². The molecule has 6 heteroatoms. The van der Waals surface area contributed by atoms with E-state index in [-0.39, 0.29) is 17.0 Å². The third-order valence-electron chi connectivity index (χ3n) is 6.02. The van der Waals surface area contributed by atoms with Crippen LogP contribution in [0, 0.1) is 25.2 Å². The minimum Gasteiger partial charge on any atom is -0.340 e. The second-order valence-electron chi connectivity index (χ2n) is 7.52. The molecule has 140 valence electrons. The van der Waals surface area contributed by atoms with E-state index in [2.05, 4.69) is 9.88 Å². The first-order valence-corrected chi connectivity index (χ1v) is 9.65. The number of aromatic amines is 1. The first-order valence-electron chi connectivity index (χ1n) is 9.65. The summed E-state index contributed by atoms with van der Waals surface area (Å²) in [5.74, 6) is 0.166. The summed E-state index contributed by atoms with van der Waals surface area (Å²) in [6, 6.07) is 2.69. The Morgan fingerprint density at radius 3 is 2.46 bits per heavy atom. The molecule has 0 unspecified atom stereocenters. The quantitative estimate of drug-likeness (QED) is 0.893. The highest BCUT2D eigenvalue weighted by Crippen LogP contribution is 2.24. The second-order valence-corrected chi connectivity index (χ2v) is 7.52. The fourth-order valence-corrected chi connectivity index (χ4v) is 4.42. The number of aromatic nitrogens is 1. The summed E-state index contributed by atoms with van der Waals surface area (Å²) in [6.07, 6.45) is 6.27. The first-order chi connectivity index (χ1) is 12.5. The molecule has 1 aromatic heterocycles. The minimum absolute atomic E-state index is 0.156. The van der Waals surface area contributed by atoms with E-state index in [9.17, 15) is 9.59 Å². The monoisotopic (exact) mass is 356 g/mol. The van der Waals surface area contributed by atoms with Gasteiger partial charge in [-0.2, -0.15) is 5.26 Å². The van der Waals surface area contributed by atoms with Crippen molar-refractivity contribution in [2.45, 2.75) is 58.4 Å². The van der Waals surface area contributed by atoms with Crippen LogP contribution in [0.5, 0.6) is 0 Å². The number of aryl methyl sites for hydroxylation is 1. The van der Waals surface area contributed by atoms with Gasteiger partial charge in [0, 0.05) is 44.3 Å². The normalized spacial score (nSPS) is 18.9. The molecule has 1 saturated heterocycles. The number of hydrogen-bond donors (Lipinski definition) is 1. The molecule has 1 aromatic rings. The van der Waals surface area contributed by atoms with Crippen LogP contribution in [0.15, 0.2) is 4.79 Å². The van der Waals surface area contributed by atoms with E-state index in [4.69, 9.17) is 5.26 Å². The van der Waals surface area contributed by atoms with Crippen molar-refractivity contribution in [2.75, 3.05) is 26.2 Å². The summed E-state index contributed by atoms with van der Waals surface area (Å²) in [7, 11) is 0. The molecule has 0 aromatic carbocycles. The maximum Gasteiger partial charge on any atom is 0.266 e. The number of hydrogen-bond acceptors (Lipinski definition) is 4. The molecule has 1 aliphatic carbocycles. The van der Waals surface area contributed by atoms with Gasteiger partial charge in [-0.1, -0.05) is 12.8 Å². The Hall–Kier alpha value is -2.13. The van der Waals surface area contributed by atoms with Crippen LogP contribution >= 0.6 is 0 Å². The molecule has 0 atom stereocenters. The third-order valence-corrected chi connectivity index (χ3v) is 6.02. The average Bonchev–Trinajstić information content (AvgIpc) is 3.16. The number of H-pyrrole nitrogens is 1. The fraction of sp³-hybridized carbons (Fsp3) is 0.650. The smallest absolute Gasteiger partial charge is 0.266 e. The van der Waals surface area contributed by atoms with E-state index in [1.807, 2.05) is 17.9 Å². The number of piperazine rings is 1. The standard InChI is InChI=1S/C20H28N4O2/c1-14-17(15(2)22-20(26)18(14)13-21)7-8-19(25)24-11-9-23(10-12-24)16-5-3-4-6-16/h16H,3-12H2,1-2H3,(H,22,26). The van der Waals surface area contributed by atoms with E-state index in [0.29, 0.717) is 18.4 Å². The van der Waals surface area contributed by atoms with Crippen molar-refractivity contribution in [1.29, 1.82) is 5.26 Å². The van der Waals surface area contributed by atoms with Crippen molar-refractivity contribution in [3.8, 4) is 6.07 Å².